The van der Waals surface area contributed by atoms with Gasteiger partial charge in [0.25, 0.3) is 0 Å². The topological polar surface area (TPSA) is 71.3 Å². The first-order valence-electron chi connectivity index (χ1n) is 7.07. The van der Waals surface area contributed by atoms with E-state index in [0.29, 0.717) is 6.42 Å². The summed E-state index contributed by atoms with van der Waals surface area (Å²) in [6.07, 6.45) is 0.501. The maximum atomic E-state index is 12.0. The third-order valence-electron chi connectivity index (χ3n) is 3.71. The highest BCUT2D eigenvalue weighted by atomic mass is 16.4. The maximum Gasteiger partial charge on any atom is 0.308 e. The molecule has 0 saturated carbocycles. The quantitative estimate of drug-likeness (QED) is 0.855. The van der Waals surface area contributed by atoms with Crippen LogP contribution < -0.4 is 5.32 Å². The second kappa shape index (κ2) is 6.43. The molecular weight excluding hydrogens is 268 g/mol. The van der Waals surface area contributed by atoms with Gasteiger partial charge < -0.3 is 15.0 Å². The number of hydrogen-bond donors (Lipinski definition) is 2. The van der Waals surface area contributed by atoms with E-state index in [1.54, 1.807) is 6.92 Å². The van der Waals surface area contributed by atoms with Gasteiger partial charge in [-0.25, -0.2) is 0 Å². The Balaban J connectivity index is 2.05. The first-order chi connectivity index (χ1) is 10.0. The normalized spacial score (nSPS) is 12.3. The molecule has 5 nitrogen and oxygen atoms in total. The predicted molar refractivity (Wildman–Crippen MR) is 81.1 cm³/mol. The van der Waals surface area contributed by atoms with Crippen LogP contribution in [0.2, 0.25) is 0 Å². The number of aryl methyl sites for hydroxylation is 1. The molecule has 1 unspecified atom stereocenters. The number of fused-ring (bicyclic) bond motifs is 1. The van der Waals surface area contributed by atoms with Crippen molar-refractivity contribution in [1.29, 1.82) is 0 Å². The fraction of sp³-hybridized carbons (Fsp3) is 0.375. The monoisotopic (exact) mass is 288 g/mol. The summed E-state index contributed by atoms with van der Waals surface area (Å²) in [7, 11) is 0. The molecule has 0 aliphatic carbocycles. The number of aromatic nitrogens is 1. The highest BCUT2D eigenvalue weighted by molar-refractivity contribution is 5.84. The molecule has 0 aliphatic rings. The van der Waals surface area contributed by atoms with Crippen LogP contribution in [0.5, 0.6) is 0 Å². The van der Waals surface area contributed by atoms with Crippen LogP contribution in [0.15, 0.2) is 30.3 Å². The van der Waals surface area contributed by atoms with Crippen LogP contribution in [0, 0.1) is 12.8 Å². The molecule has 0 aliphatic heterocycles. The first-order valence-corrected chi connectivity index (χ1v) is 7.07. The lowest BCUT2D eigenvalue weighted by atomic mass is 10.1. The van der Waals surface area contributed by atoms with Gasteiger partial charge in [0, 0.05) is 17.8 Å². The molecule has 5 heteroatoms. The van der Waals surface area contributed by atoms with E-state index in [1.165, 1.54) is 0 Å². The lowest BCUT2D eigenvalue weighted by Gasteiger charge is -2.12. The molecule has 2 N–H and O–H groups in total. The Morgan fingerprint density at radius 3 is 2.71 bits per heavy atom. The molecule has 0 radical (unpaired) electrons. The van der Waals surface area contributed by atoms with Crippen molar-refractivity contribution in [3.8, 4) is 0 Å². The van der Waals surface area contributed by atoms with Gasteiger partial charge in [0.1, 0.15) is 6.54 Å². The van der Waals surface area contributed by atoms with Gasteiger partial charge >= 0.3 is 5.97 Å². The van der Waals surface area contributed by atoms with Crippen LogP contribution in [0.1, 0.15) is 19.0 Å². The van der Waals surface area contributed by atoms with Gasteiger partial charge in [-0.15, -0.1) is 0 Å². The molecule has 2 aromatic rings. The molecule has 0 spiro atoms. The minimum Gasteiger partial charge on any atom is -0.481 e. The van der Waals surface area contributed by atoms with Crippen molar-refractivity contribution >= 4 is 22.8 Å². The molecule has 0 saturated heterocycles. The van der Waals surface area contributed by atoms with Crippen LogP contribution in [-0.2, 0) is 16.1 Å². The average Bonchev–Trinajstić information content (AvgIpc) is 2.75. The van der Waals surface area contributed by atoms with Gasteiger partial charge in [0.05, 0.1) is 5.92 Å². The Morgan fingerprint density at radius 2 is 2.05 bits per heavy atom. The lowest BCUT2D eigenvalue weighted by Crippen LogP contribution is -2.34. The maximum absolute atomic E-state index is 12.0. The van der Waals surface area contributed by atoms with E-state index in [2.05, 4.69) is 5.32 Å². The number of amides is 1. The molecule has 2 rings (SSSR count). The number of nitrogens with one attached hydrogen (secondary N) is 1. The first kappa shape index (κ1) is 15.1. The third kappa shape index (κ3) is 3.42. The zero-order chi connectivity index (χ0) is 15.4. The fourth-order valence-electron chi connectivity index (χ4n) is 2.40. The molecule has 1 atom stereocenters. The van der Waals surface area contributed by atoms with Crippen molar-refractivity contribution in [2.24, 2.45) is 5.92 Å². The van der Waals surface area contributed by atoms with Gasteiger partial charge in [-0.05, 0) is 30.9 Å². The third-order valence-corrected chi connectivity index (χ3v) is 3.71. The van der Waals surface area contributed by atoms with Crippen molar-refractivity contribution in [2.75, 3.05) is 6.54 Å². The number of benzene rings is 1. The number of para-hydroxylation sites is 1. The predicted octanol–water partition coefficient (Wildman–Crippen LogP) is 2.18. The van der Waals surface area contributed by atoms with Crippen molar-refractivity contribution in [2.45, 2.75) is 26.8 Å². The number of hydrogen-bond acceptors (Lipinski definition) is 2. The van der Waals surface area contributed by atoms with E-state index in [0.717, 1.165) is 16.6 Å². The fourth-order valence-corrected chi connectivity index (χ4v) is 2.40. The SMILES string of the molecule is CCC(CNC(=O)Cn1c(C)cc2ccccc21)C(=O)O. The number of carbonyl (C=O) groups is 2. The van der Waals surface area contributed by atoms with E-state index < -0.39 is 11.9 Å². The summed E-state index contributed by atoms with van der Waals surface area (Å²) in [5, 5.41) is 12.8. The number of nitrogens with zero attached hydrogens (tertiary/aromatic N) is 1. The van der Waals surface area contributed by atoms with Crippen LogP contribution in [0.3, 0.4) is 0 Å². The van der Waals surface area contributed by atoms with Crippen LogP contribution >= 0.6 is 0 Å². The zero-order valence-electron chi connectivity index (χ0n) is 12.3. The number of aliphatic carboxylic acids is 1. The summed E-state index contributed by atoms with van der Waals surface area (Å²) in [6.45, 7) is 4.13. The van der Waals surface area contributed by atoms with E-state index in [1.807, 2.05) is 41.8 Å². The smallest absolute Gasteiger partial charge is 0.308 e. The molecule has 0 fully saturated rings. The van der Waals surface area contributed by atoms with E-state index in [9.17, 15) is 9.59 Å². The van der Waals surface area contributed by atoms with Gasteiger partial charge in [-0.2, -0.15) is 0 Å². The summed E-state index contributed by atoms with van der Waals surface area (Å²) in [6, 6.07) is 9.92. The molecule has 1 heterocycles. The lowest BCUT2D eigenvalue weighted by molar-refractivity contribution is -0.141. The Hall–Kier alpha value is -2.30. The van der Waals surface area contributed by atoms with Gasteiger partial charge in [0.2, 0.25) is 5.91 Å². The summed E-state index contributed by atoms with van der Waals surface area (Å²) < 4.78 is 1.94. The highest BCUT2D eigenvalue weighted by Crippen LogP contribution is 2.18. The molecule has 1 aromatic carbocycles. The Labute approximate surface area is 123 Å². The largest absolute Gasteiger partial charge is 0.481 e. The standard InChI is InChI=1S/C16H20N2O3/c1-3-12(16(20)21)9-17-15(19)10-18-11(2)8-13-6-4-5-7-14(13)18/h4-8,12H,3,9-10H2,1-2H3,(H,17,19)(H,20,21). The van der Waals surface area contributed by atoms with Crippen LogP contribution in [0.4, 0.5) is 0 Å². The summed E-state index contributed by atoms with van der Waals surface area (Å²) in [5.41, 5.74) is 2.02. The number of carboxylic acids is 1. The summed E-state index contributed by atoms with van der Waals surface area (Å²) in [5.74, 6) is -1.57. The summed E-state index contributed by atoms with van der Waals surface area (Å²) in [4.78, 5) is 23.0. The zero-order valence-corrected chi connectivity index (χ0v) is 12.3. The molecule has 21 heavy (non-hydrogen) atoms. The molecule has 1 amide bonds. The van der Waals surface area contributed by atoms with Gasteiger partial charge in [-0.3, -0.25) is 9.59 Å². The van der Waals surface area contributed by atoms with E-state index in [4.69, 9.17) is 5.11 Å². The second-order valence-electron chi connectivity index (χ2n) is 5.18. The minimum atomic E-state index is -0.875. The molecule has 0 bridgehead atoms. The van der Waals surface area contributed by atoms with E-state index in [-0.39, 0.29) is 19.0 Å². The molecule has 1 aromatic heterocycles. The average molecular weight is 288 g/mol. The Kier molecular flexibility index (Phi) is 4.62. The van der Waals surface area contributed by atoms with Crippen molar-refractivity contribution < 1.29 is 14.7 Å². The minimum absolute atomic E-state index is 0.167. The Morgan fingerprint density at radius 1 is 1.33 bits per heavy atom. The number of carboxylic acid groups (broad SMARTS) is 1. The van der Waals surface area contributed by atoms with Crippen molar-refractivity contribution in [1.82, 2.24) is 9.88 Å². The van der Waals surface area contributed by atoms with Gasteiger partial charge in [0.15, 0.2) is 0 Å². The van der Waals surface area contributed by atoms with Crippen molar-refractivity contribution in [3.63, 3.8) is 0 Å². The van der Waals surface area contributed by atoms with Gasteiger partial charge in [-0.1, -0.05) is 25.1 Å². The van der Waals surface area contributed by atoms with E-state index >= 15 is 0 Å². The van der Waals surface area contributed by atoms with Crippen LogP contribution in [-0.4, -0.2) is 28.1 Å². The Bertz CT molecular complexity index is 661. The highest BCUT2D eigenvalue weighted by Gasteiger charge is 2.16. The number of carbonyl (C=O) groups excluding carboxylic acids is 1. The number of rotatable bonds is 6. The molecular formula is C16H20N2O3. The second-order valence-corrected chi connectivity index (χ2v) is 5.18. The molecule has 112 valence electrons. The van der Waals surface area contributed by atoms with Crippen molar-refractivity contribution in [3.05, 3.63) is 36.0 Å². The summed E-state index contributed by atoms with van der Waals surface area (Å²) >= 11 is 0. The van der Waals surface area contributed by atoms with Crippen LogP contribution in [0.25, 0.3) is 10.9 Å².